The molecule has 0 heterocycles. The molecule has 1 aliphatic rings. The third kappa shape index (κ3) is 3.94. The molecule has 21 heavy (non-hydrogen) atoms. The van der Waals surface area contributed by atoms with E-state index in [0.717, 1.165) is 24.0 Å². The lowest BCUT2D eigenvalue weighted by Crippen LogP contribution is -2.29. The van der Waals surface area contributed by atoms with Crippen molar-refractivity contribution in [2.45, 2.75) is 65.9 Å². The average Bonchev–Trinajstić information content (AvgIpc) is 2.48. The summed E-state index contributed by atoms with van der Waals surface area (Å²) < 4.78 is 5.98. The Labute approximate surface area is 128 Å². The molecule has 0 spiro atoms. The molecule has 0 aromatic heterocycles. The molecule has 2 atom stereocenters. The number of carbonyl (C=O) groups excluding carboxylic acids is 1. The number of carbonyl (C=O) groups is 1. The van der Waals surface area contributed by atoms with Crippen molar-refractivity contribution in [3.05, 3.63) is 34.4 Å². The lowest BCUT2D eigenvalue weighted by atomic mass is 9.85. The summed E-state index contributed by atoms with van der Waals surface area (Å²) in [7, 11) is 0. The zero-order chi connectivity index (χ0) is 15.4. The van der Waals surface area contributed by atoms with Crippen LogP contribution in [0.4, 0.5) is 0 Å². The van der Waals surface area contributed by atoms with E-state index in [2.05, 4.69) is 26.8 Å². The molecular formula is C19H28O2. The van der Waals surface area contributed by atoms with Crippen LogP contribution in [0.1, 0.15) is 66.1 Å². The van der Waals surface area contributed by atoms with Gasteiger partial charge in [0.2, 0.25) is 0 Å². The first-order valence-electron chi connectivity index (χ1n) is 8.25. The molecule has 2 nitrogen and oxygen atoms in total. The highest BCUT2D eigenvalue weighted by molar-refractivity contribution is 5.98. The molecule has 0 amide bonds. The number of aryl methyl sites for hydroxylation is 3. The molecule has 1 aromatic rings. The van der Waals surface area contributed by atoms with Crippen LogP contribution >= 0.6 is 0 Å². The van der Waals surface area contributed by atoms with E-state index in [1.807, 2.05) is 13.0 Å². The molecule has 0 radical (unpaired) electrons. The monoisotopic (exact) mass is 288 g/mol. The third-order valence-electron chi connectivity index (χ3n) is 4.93. The second kappa shape index (κ2) is 7.22. The highest BCUT2D eigenvalue weighted by Gasteiger charge is 2.25. The van der Waals surface area contributed by atoms with Crippen molar-refractivity contribution < 1.29 is 9.53 Å². The Morgan fingerprint density at radius 2 is 1.76 bits per heavy atom. The van der Waals surface area contributed by atoms with Gasteiger partial charge in [0.05, 0.1) is 6.10 Å². The largest absolute Gasteiger partial charge is 0.370 e. The maximum atomic E-state index is 12.4. The van der Waals surface area contributed by atoms with E-state index in [9.17, 15) is 4.79 Å². The first kappa shape index (κ1) is 16.2. The molecule has 0 saturated heterocycles. The van der Waals surface area contributed by atoms with Crippen LogP contribution in [0, 0.1) is 26.7 Å². The minimum Gasteiger partial charge on any atom is -0.370 e. The fourth-order valence-electron chi connectivity index (χ4n) is 3.38. The van der Waals surface area contributed by atoms with Crippen LogP contribution in [-0.2, 0) is 4.74 Å². The number of rotatable bonds is 5. The maximum absolute atomic E-state index is 12.4. The quantitative estimate of drug-likeness (QED) is 0.729. The van der Waals surface area contributed by atoms with Gasteiger partial charge in [0.1, 0.15) is 6.61 Å². The fraction of sp³-hybridized carbons (Fsp3) is 0.632. The van der Waals surface area contributed by atoms with Gasteiger partial charge in [-0.2, -0.15) is 0 Å². The fourth-order valence-corrected chi connectivity index (χ4v) is 3.38. The van der Waals surface area contributed by atoms with Gasteiger partial charge in [-0.15, -0.1) is 0 Å². The molecule has 0 N–H and O–H groups in total. The van der Waals surface area contributed by atoms with Gasteiger partial charge in [-0.05, 0) is 62.3 Å². The van der Waals surface area contributed by atoms with E-state index in [1.165, 1.54) is 30.4 Å². The van der Waals surface area contributed by atoms with Crippen LogP contribution in [0.15, 0.2) is 12.1 Å². The molecule has 0 bridgehead atoms. The smallest absolute Gasteiger partial charge is 0.188 e. The maximum Gasteiger partial charge on any atom is 0.188 e. The van der Waals surface area contributed by atoms with E-state index in [1.54, 1.807) is 0 Å². The molecular weight excluding hydrogens is 260 g/mol. The van der Waals surface area contributed by atoms with Gasteiger partial charge in [0, 0.05) is 5.56 Å². The Bertz CT molecular complexity index is 505. The van der Waals surface area contributed by atoms with Crippen molar-refractivity contribution in [2.75, 3.05) is 6.61 Å². The van der Waals surface area contributed by atoms with Crippen molar-refractivity contribution in [3.63, 3.8) is 0 Å². The van der Waals surface area contributed by atoms with Gasteiger partial charge in [-0.3, -0.25) is 4.79 Å². The zero-order valence-corrected chi connectivity index (χ0v) is 13.9. The Balaban J connectivity index is 2.00. The van der Waals surface area contributed by atoms with E-state index in [0.29, 0.717) is 5.92 Å². The molecule has 2 unspecified atom stereocenters. The summed E-state index contributed by atoms with van der Waals surface area (Å²) in [6.45, 7) is 8.60. The molecule has 1 saturated carbocycles. The van der Waals surface area contributed by atoms with Crippen molar-refractivity contribution >= 4 is 5.78 Å². The van der Waals surface area contributed by atoms with Crippen molar-refractivity contribution in [1.29, 1.82) is 0 Å². The molecule has 0 aliphatic heterocycles. The minimum absolute atomic E-state index is 0.121. The van der Waals surface area contributed by atoms with Gasteiger partial charge in [-0.25, -0.2) is 0 Å². The van der Waals surface area contributed by atoms with E-state index in [4.69, 9.17) is 4.74 Å². The summed E-state index contributed by atoms with van der Waals surface area (Å²) in [5, 5.41) is 0. The molecule has 116 valence electrons. The van der Waals surface area contributed by atoms with Crippen molar-refractivity contribution in [3.8, 4) is 0 Å². The van der Waals surface area contributed by atoms with E-state index < -0.39 is 0 Å². The summed E-state index contributed by atoms with van der Waals surface area (Å²) in [5.74, 6) is 0.753. The number of hydrogen-bond donors (Lipinski definition) is 0. The SMILES string of the molecule is CCC1CCCCC1OCC(=O)c1cc(C)c(C)cc1C. The Morgan fingerprint density at radius 1 is 1.10 bits per heavy atom. The van der Waals surface area contributed by atoms with Gasteiger partial charge in [0.25, 0.3) is 0 Å². The number of ether oxygens (including phenoxy) is 1. The molecule has 1 aliphatic carbocycles. The molecule has 2 rings (SSSR count). The van der Waals surface area contributed by atoms with Crippen LogP contribution in [0.2, 0.25) is 0 Å². The topological polar surface area (TPSA) is 26.3 Å². The summed E-state index contributed by atoms with van der Waals surface area (Å²) in [5.41, 5.74) is 4.29. The van der Waals surface area contributed by atoms with Gasteiger partial charge in [-0.1, -0.05) is 32.3 Å². The summed E-state index contributed by atoms with van der Waals surface area (Å²) >= 11 is 0. The number of Topliss-reactive ketones (excluding diaryl/α,β-unsaturated/α-hetero) is 1. The highest BCUT2D eigenvalue weighted by Crippen LogP contribution is 2.29. The van der Waals surface area contributed by atoms with Crippen molar-refractivity contribution in [1.82, 2.24) is 0 Å². The predicted octanol–water partition coefficient (Wildman–Crippen LogP) is 4.78. The predicted molar refractivity (Wildman–Crippen MR) is 87.0 cm³/mol. The first-order chi connectivity index (χ1) is 10.0. The number of ketones is 1. The van der Waals surface area contributed by atoms with Crippen LogP contribution in [-0.4, -0.2) is 18.5 Å². The Hall–Kier alpha value is -1.15. The summed E-state index contributed by atoms with van der Waals surface area (Å²) in [6.07, 6.45) is 6.33. The van der Waals surface area contributed by atoms with E-state index in [-0.39, 0.29) is 18.5 Å². The first-order valence-corrected chi connectivity index (χ1v) is 8.25. The van der Waals surface area contributed by atoms with Gasteiger partial charge in [0.15, 0.2) is 5.78 Å². The Morgan fingerprint density at radius 3 is 2.48 bits per heavy atom. The minimum atomic E-state index is 0.121. The van der Waals surface area contributed by atoms with Crippen LogP contribution in [0.3, 0.4) is 0 Å². The zero-order valence-electron chi connectivity index (χ0n) is 13.9. The second-order valence-electron chi connectivity index (χ2n) is 6.48. The molecule has 1 fully saturated rings. The van der Waals surface area contributed by atoms with Crippen LogP contribution < -0.4 is 0 Å². The third-order valence-corrected chi connectivity index (χ3v) is 4.93. The highest BCUT2D eigenvalue weighted by atomic mass is 16.5. The summed E-state index contributed by atoms with van der Waals surface area (Å²) in [4.78, 5) is 12.4. The second-order valence-corrected chi connectivity index (χ2v) is 6.48. The number of benzene rings is 1. The number of hydrogen-bond acceptors (Lipinski definition) is 2. The van der Waals surface area contributed by atoms with Gasteiger partial charge >= 0.3 is 0 Å². The van der Waals surface area contributed by atoms with E-state index >= 15 is 0 Å². The van der Waals surface area contributed by atoms with Crippen molar-refractivity contribution in [2.24, 2.45) is 5.92 Å². The molecule has 2 heteroatoms. The van der Waals surface area contributed by atoms with Gasteiger partial charge < -0.3 is 4.74 Å². The lowest BCUT2D eigenvalue weighted by Gasteiger charge is -2.30. The standard InChI is InChI=1S/C19H28O2/c1-5-16-8-6-7-9-19(16)21-12-18(20)17-11-14(3)13(2)10-15(17)4/h10-11,16,19H,5-9,12H2,1-4H3. The summed E-state index contributed by atoms with van der Waals surface area (Å²) in [6, 6.07) is 4.10. The van der Waals surface area contributed by atoms with Crippen LogP contribution in [0.5, 0.6) is 0 Å². The normalized spacial score (nSPS) is 22.3. The average molecular weight is 288 g/mol. The lowest BCUT2D eigenvalue weighted by molar-refractivity contribution is -0.00572. The van der Waals surface area contributed by atoms with Crippen LogP contribution in [0.25, 0.3) is 0 Å². The molecule has 1 aromatic carbocycles. The Kier molecular flexibility index (Phi) is 5.58.